The third kappa shape index (κ3) is 4.87. The topological polar surface area (TPSA) is 65.8 Å². The SMILES string of the molecule is O=C(NCC(c1cccc(Cl)c1)N1CCCC1)C1CCN(C(=O)c2ccoc2)CC1. The number of likely N-dealkylation sites (tertiary alicyclic amines) is 2. The zero-order valence-corrected chi connectivity index (χ0v) is 17.8. The van der Waals surface area contributed by atoms with Crippen LogP contribution in [0, 0.1) is 5.92 Å². The monoisotopic (exact) mass is 429 g/mol. The molecule has 1 unspecified atom stereocenters. The highest BCUT2D eigenvalue weighted by Crippen LogP contribution is 2.27. The molecule has 3 heterocycles. The molecule has 160 valence electrons. The van der Waals surface area contributed by atoms with Crippen LogP contribution in [0.5, 0.6) is 0 Å². The van der Waals surface area contributed by atoms with Crippen LogP contribution in [0.1, 0.15) is 47.6 Å². The van der Waals surface area contributed by atoms with E-state index in [1.54, 1.807) is 11.0 Å². The number of hydrogen-bond donors (Lipinski definition) is 1. The number of amides is 2. The Kier molecular flexibility index (Phi) is 6.75. The van der Waals surface area contributed by atoms with Crippen LogP contribution in [0.2, 0.25) is 5.02 Å². The van der Waals surface area contributed by atoms with Crippen LogP contribution >= 0.6 is 11.6 Å². The first-order chi connectivity index (χ1) is 14.6. The number of piperidine rings is 1. The summed E-state index contributed by atoms with van der Waals surface area (Å²) in [4.78, 5) is 29.5. The fourth-order valence-electron chi connectivity index (χ4n) is 4.48. The van der Waals surface area contributed by atoms with Crippen LogP contribution in [-0.4, -0.2) is 54.3 Å². The number of furan rings is 1. The molecular weight excluding hydrogens is 402 g/mol. The number of nitrogens with zero attached hydrogens (tertiary/aromatic N) is 2. The molecular formula is C23H28ClN3O3. The maximum absolute atomic E-state index is 12.8. The molecule has 0 bridgehead atoms. The molecule has 2 saturated heterocycles. The minimum Gasteiger partial charge on any atom is -0.472 e. The van der Waals surface area contributed by atoms with Crippen molar-refractivity contribution in [3.63, 3.8) is 0 Å². The van der Waals surface area contributed by atoms with Gasteiger partial charge < -0.3 is 14.6 Å². The van der Waals surface area contributed by atoms with Gasteiger partial charge in [0.25, 0.3) is 5.91 Å². The lowest BCUT2D eigenvalue weighted by Gasteiger charge is -2.32. The van der Waals surface area contributed by atoms with Crippen molar-refractivity contribution in [2.24, 2.45) is 5.92 Å². The highest BCUT2D eigenvalue weighted by Gasteiger charge is 2.30. The Balaban J connectivity index is 1.32. The molecule has 2 aliphatic heterocycles. The van der Waals surface area contributed by atoms with Crippen LogP contribution in [-0.2, 0) is 4.79 Å². The molecule has 1 N–H and O–H groups in total. The molecule has 0 saturated carbocycles. The number of nitrogens with one attached hydrogen (secondary N) is 1. The maximum Gasteiger partial charge on any atom is 0.257 e. The van der Waals surface area contributed by atoms with Gasteiger partial charge in [-0.1, -0.05) is 23.7 Å². The highest BCUT2D eigenvalue weighted by atomic mass is 35.5. The number of benzene rings is 1. The molecule has 2 amide bonds. The van der Waals surface area contributed by atoms with Crippen molar-refractivity contribution >= 4 is 23.4 Å². The average molecular weight is 430 g/mol. The van der Waals surface area contributed by atoms with Gasteiger partial charge in [-0.05, 0) is 62.5 Å². The number of carbonyl (C=O) groups is 2. The number of hydrogen-bond acceptors (Lipinski definition) is 4. The second kappa shape index (κ2) is 9.67. The molecule has 4 rings (SSSR count). The first-order valence-corrected chi connectivity index (χ1v) is 11.1. The summed E-state index contributed by atoms with van der Waals surface area (Å²) in [6.45, 7) is 3.84. The van der Waals surface area contributed by atoms with Gasteiger partial charge in [-0.15, -0.1) is 0 Å². The Morgan fingerprint density at radius 3 is 2.57 bits per heavy atom. The Hall–Kier alpha value is -2.31. The van der Waals surface area contributed by atoms with E-state index in [-0.39, 0.29) is 23.8 Å². The normalized spacial score (nSPS) is 19.0. The van der Waals surface area contributed by atoms with Gasteiger partial charge >= 0.3 is 0 Å². The van der Waals surface area contributed by atoms with Crippen LogP contribution < -0.4 is 5.32 Å². The van der Waals surface area contributed by atoms with E-state index in [0.29, 0.717) is 38.0 Å². The maximum atomic E-state index is 12.8. The Labute approximate surface area is 182 Å². The molecule has 0 spiro atoms. The molecule has 1 aromatic carbocycles. The Morgan fingerprint density at radius 2 is 1.90 bits per heavy atom. The van der Waals surface area contributed by atoms with Crippen molar-refractivity contribution < 1.29 is 14.0 Å². The Bertz CT molecular complexity index is 856. The molecule has 2 fully saturated rings. The summed E-state index contributed by atoms with van der Waals surface area (Å²) in [5, 5.41) is 3.90. The molecule has 2 aliphatic rings. The van der Waals surface area contributed by atoms with Gasteiger partial charge in [0.2, 0.25) is 5.91 Å². The minimum atomic E-state index is -0.0583. The second-order valence-electron chi connectivity index (χ2n) is 8.14. The Morgan fingerprint density at radius 1 is 1.13 bits per heavy atom. The molecule has 0 aliphatic carbocycles. The second-order valence-corrected chi connectivity index (χ2v) is 8.57. The average Bonchev–Trinajstić information content (AvgIpc) is 3.48. The van der Waals surface area contributed by atoms with E-state index >= 15 is 0 Å². The highest BCUT2D eigenvalue weighted by molar-refractivity contribution is 6.30. The van der Waals surface area contributed by atoms with Gasteiger partial charge in [0.1, 0.15) is 6.26 Å². The largest absolute Gasteiger partial charge is 0.472 e. The summed E-state index contributed by atoms with van der Waals surface area (Å²) in [7, 11) is 0. The minimum absolute atomic E-state index is 0.0299. The van der Waals surface area contributed by atoms with Crippen LogP contribution in [0.3, 0.4) is 0 Å². The summed E-state index contributed by atoms with van der Waals surface area (Å²) in [6, 6.07) is 9.74. The molecule has 0 radical (unpaired) electrons. The standard InChI is InChI=1S/C23H28ClN3O3/c24-20-5-3-4-18(14-20)21(26-9-1-2-10-26)15-25-22(28)17-6-11-27(12-7-17)23(29)19-8-13-30-16-19/h3-5,8,13-14,16-17,21H,1-2,6-7,9-12,15H2,(H,25,28). The summed E-state index contributed by atoms with van der Waals surface area (Å²) in [5.74, 6) is -0.00807. The van der Waals surface area contributed by atoms with Crippen molar-refractivity contribution in [2.75, 3.05) is 32.7 Å². The zero-order chi connectivity index (χ0) is 20.9. The van der Waals surface area contributed by atoms with E-state index in [9.17, 15) is 9.59 Å². The van der Waals surface area contributed by atoms with Crippen molar-refractivity contribution in [3.05, 3.63) is 59.0 Å². The first kappa shape index (κ1) is 20.9. The van der Waals surface area contributed by atoms with Gasteiger partial charge in [-0.2, -0.15) is 0 Å². The van der Waals surface area contributed by atoms with Crippen LogP contribution in [0.4, 0.5) is 0 Å². The van der Waals surface area contributed by atoms with Crippen molar-refractivity contribution in [2.45, 2.75) is 31.7 Å². The lowest BCUT2D eigenvalue weighted by atomic mass is 9.95. The number of carbonyl (C=O) groups excluding carboxylic acids is 2. The smallest absolute Gasteiger partial charge is 0.257 e. The number of halogens is 1. The van der Waals surface area contributed by atoms with E-state index in [1.165, 1.54) is 25.4 Å². The predicted octanol–water partition coefficient (Wildman–Crippen LogP) is 3.74. The van der Waals surface area contributed by atoms with E-state index < -0.39 is 0 Å². The first-order valence-electron chi connectivity index (χ1n) is 10.7. The summed E-state index contributed by atoms with van der Waals surface area (Å²) < 4.78 is 5.00. The van der Waals surface area contributed by atoms with Crippen molar-refractivity contribution in [1.29, 1.82) is 0 Å². The number of rotatable bonds is 6. The van der Waals surface area contributed by atoms with Gasteiger partial charge in [0, 0.05) is 30.6 Å². The lowest BCUT2D eigenvalue weighted by molar-refractivity contribution is -0.126. The molecule has 1 atom stereocenters. The van der Waals surface area contributed by atoms with Gasteiger partial charge in [0.05, 0.1) is 17.9 Å². The van der Waals surface area contributed by atoms with E-state index in [0.717, 1.165) is 23.7 Å². The molecule has 7 heteroatoms. The zero-order valence-electron chi connectivity index (χ0n) is 17.1. The third-order valence-corrected chi connectivity index (χ3v) is 6.44. The van der Waals surface area contributed by atoms with Gasteiger partial charge in [0.15, 0.2) is 0 Å². The van der Waals surface area contributed by atoms with Crippen molar-refractivity contribution in [3.8, 4) is 0 Å². The fourth-order valence-corrected chi connectivity index (χ4v) is 4.68. The quantitative estimate of drug-likeness (QED) is 0.759. The van der Waals surface area contributed by atoms with Crippen LogP contribution in [0.15, 0.2) is 47.3 Å². The molecule has 1 aromatic heterocycles. The van der Waals surface area contributed by atoms with E-state index in [4.69, 9.17) is 16.0 Å². The molecule has 6 nitrogen and oxygen atoms in total. The summed E-state index contributed by atoms with van der Waals surface area (Å²) >= 11 is 6.21. The molecule has 30 heavy (non-hydrogen) atoms. The van der Waals surface area contributed by atoms with Crippen molar-refractivity contribution in [1.82, 2.24) is 15.1 Å². The summed E-state index contributed by atoms with van der Waals surface area (Å²) in [6.07, 6.45) is 6.71. The van der Waals surface area contributed by atoms with E-state index in [2.05, 4.69) is 16.3 Å². The van der Waals surface area contributed by atoms with Gasteiger partial charge in [-0.3, -0.25) is 14.5 Å². The van der Waals surface area contributed by atoms with E-state index in [1.807, 2.05) is 18.2 Å². The summed E-state index contributed by atoms with van der Waals surface area (Å²) in [5.41, 5.74) is 1.71. The predicted molar refractivity (Wildman–Crippen MR) is 115 cm³/mol. The third-order valence-electron chi connectivity index (χ3n) is 6.21. The van der Waals surface area contributed by atoms with Gasteiger partial charge in [-0.25, -0.2) is 0 Å². The van der Waals surface area contributed by atoms with Crippen LogP contribution in [0.25, 0.3) is 0 Å². The fraction of sp³-hybridized carbons (Fsp3) is 0.478. The molecule has 2 aromatic rings. The lowest BCUT2D eigenvalue weighted by Crippen LogP contribution is -2.44.